The molecular formula is C19H25NO. The molecule has 1 N–H and O–H groups in total. The fourth-order valence-electron chi connectivity index (χ4n) is 2.55. The molecule has 2 heteroatoms. The van der Waals surface area contributed by atoms with Gasteiger partial charge in [0.05, 0.1) is 6.61 Å². The van der Waals surface area contributed by atoms with E-state index in [4.69, 9.17) is 4.74 Å². The van der Waals surface area contributed by atoms with Crippen LogP contribution in [0.3, 0.4) is 0 Å². The summed E-state index contributed by atoms with van der Waals surface area (Å²) in [6.45, 7) is 9.01. The molecule has 0 aliphatic carbocycles. The summed E-state index contributed by atoms with van der Waals surface area (Å²) in [6.07, 6.45) is 0.943. The zero-order chi connectivity index (χ0) is 15.1. The maximum atomic E-state index is 6.01. The second-order valence-corrected chi connectivity index (χ2v) is 5.42. The van der Waals surface area contributed by atoms with Gasteiger partial charge in [-0.15, -0.1) is 0 Å². The Bertz CT molecular complexity index is 540. The van der Waals surface area contributed by atoms with E-state index in [1.54, 1.807) is 0 Å². The van der Waals surface area contributed by atoms with E-state index in [2.05, 4.69) is 62.5 Å². The third kappa shape index (κ3) is 4.61. The average Bonchev–Trinajstić information content (AvgIpc) is 2.49. The molecule has 2 aromatic carbocycles. The van der Waals surface area contributed by atoms with Gasteiger partial charge in [-0.2, -0.15) is 0 Å². The summed E-state index contributed by atoms with van der Waals surface area (Å²) in [5.41, 5.74) is 5.07. The number of benzene rings is 2. The zero-order valence-electron chi connectivity index (χ0n) is 13.3. The molecule has 2 rings (SSSR count). The quantitative estimate of drug-likeness (QED) is 0.828. The minimum Gasteiger partial charge on any atom is -0.493 e. The van der Waals surface area contributed by atoms with Crippen molar-refractivity contribution in [2.24, 2.45) is 0 Å². The van der Waals surface area contributed by atoms with E-state index in [1.807, 2.05) is 6.07 Å². The Morgan fingerprint density at radius 2 is 1.62 bits per heavy atom. The molecule has 0 aliphatic rings. The van der Waals surface area contributed by atoms with Gasteiger partial charge in [-0.25, -0.2) is 0 Å². The predicted octanol–water partition coefficient (Wildman–Crippen LogP) is 4.03. The van der Waals surface area contributed by atoms with Crippen molar-refractivity contribution in [3.63, 3.8) is 0 Å². The number of hydrogen-bond donors (Lipinski definition) is 1. The van der Waals surface area contributed by atoms with E-state index in [9.17, 15) is 0 Å². The average molecular weight is 283 g/mol. The van der Waals surface area contributed by atoms with Gasteiger partial charge in [0.1, 0.15) is 5.75 Å². The summed E-state index contributed by atoms with van der Waals surface area (Å²) in [4.78, 5) is 0. The van der Waals surface area contributed by atoms with Crippen LogP contribution in [0, 0.1) is 13.8 Å². The predicted molar refractivity (Wildman–Crippen MR) is 88.9 cm³/mol. The van der Waals surface area contributed by atoms with Crippen LogP contribution in [0.4, 0.5) is 0 Å². The normalized spacial score (nSPS) is 10.6. The summed E-state index contributed by atoms with van der Waals surface area (Å²) >= 11 is 0. The number of ether oxygens (including phenoxy) is 1. The highest BCUT2D eigenvalue weighted by molar-refractivity contribution is 5.43. The van der Waals surface area contributed by atoms with Gasteiger partial charge in [-0.3, -0.25) is 0 Å². The first-order valence-electron chi connectivity index (χ1n) is 7.68. The Kier molecular flexibility index (Phi) is 5.82. The van der Waals surface area contributed by atoms with E-state index in [1.165, 1.54) is 22.3 Å². The van der Waals surface area contributed by atoms with Gasteiger partial charge in [0, 0.05) is 13.0 Å². The first kappa shape index (κ1) is 15.6. The van der Waals surface area contributed by atoms with Crippen molar-refractivity contribution in [3.05, 3.63) is 64.7 Å². The molecule has 0 unspecified atom stereocenters. The van der Waals surface area contributed by atoms with Crippen molar-refractivity contribution in [1.82, 2.24) is 5.32 Å². The van der Waals surface area contributed by atoms with Crippen LogP contribution in [0.25, 0.3) is 0 Å². The van der Waals surface area contributed by atoms with Gasteiger partial charge in [0.2, 0.25) is 0 Å². The Balaban J connectivity index is 1.96. The van der Waals surface area contributed by atoms with Crippen molar-refractivity contribution in [2.45, 2.75) is 33.7 Å². The number of nitrogens with one attached hydrogen (secondary N) is 1. The van der Waals surface area contributed by atoms with Crippen LogP contribution in [0.15, 0.2) is 42.5 Å². The third-order valence-corrected chi connectivity index (χ3v) is 3.58. The van der Waals surface area contributed by atoms with Gasteiger partial charge in [0.15, 0.2) is 0 Å². The standard InChI is InChI=1S/C19H25NO/c1-4-20-14-18-12-15(2)19(16(3)13-18)21-11-10-17-8-6-5-7-9-17/h5-9,12-13,20H,4,10-11,14H2,1-3H3. The number of aryl methyl sites for hydroxylation is 2. The van der Waals surface area contributed by atoms with E-state index < -0.39 is 0 Å². The maximum absolute atomic E-state index is 6.01. The lowest BCUT2D eigenvalue weighted by atomic mass is 10.1. The van der Waals surface area contributed by atoms with Crippen LogP contribution >= 0.6 is 0 Å². The molecule has 0 atom stereocenters. The van der Waals surface area contributed by atoms with E-state index in [0.29, 0.717) is 0 Å². The van der Waals surface area contributed by atoms with Crippen molar-refractivity contribution in [2.75, 3.05) is 13.2 Å². The van der Waals surface area contributed by atoms with Gasteiger partial charge in [-0.05, 0) is 42.6 Å². The molecule has 2 nitrogen and oxygen atoms in total. The smallest absolute Gasteiger partial charge is 0.125 e. The topological polar surface area (TPSA) is 21.3 Å². The SMILES string of the molecule is CCNCc1cc(C)c(OCCc2ccccc2)c(C)c1. The van der Waals surface area contributed by atoms with E-state index in [0.717, 1.165) is 31.9 Å². The molecule has 0 saturated carbocycles. The third-order valence-electron chi connectivity index (χ3n) is 3.58. The van der Waals surface area contributed by atoms with Crippen molar-refractivity contribution in [1.29, 1.82) is 0 Å². The van der Waals surface area contributed by atoms with E-state index >= 15 is 0 Å². The molecule has 2 aromatic rings. The molecule has 112 valence electrons. The second-order valence-electron chi connectivity index (χ2n) is 5.42. The summed E-state index contributed by atoms with van der Waals surface area (Å²) in [7, 11) is 0. The molecule has 0 aromatic heterocycles. The summed E-state index contributed by atoms with van der Waals surface area (Å²) in [5.74, 6) is 1.03. The second kappa shape index (κ2) is 7.84. The molecule has 0 saturated heterocycles. The molecule has 0 bridgehead atoms. The highest BCUT2D eigenvalue weighted by atomic mass is 16.5. The Morgan fingerprint density at radius 3 is 2.24 bits per heavy atom. The first-order valence-corrected chi connectivity index (χ1v) is 7.68. The lowest BCUT2D eigenvalue weighted by Gasteiger charge is -2.14. The van der Waals surface area contributed by atoms with Crippen LogP contribution in [-0.4, -0.2) is 13.2 Å². The van der Waals surface area contributed by atoms with Crippen LogP contribution < -0.4 is 10.1 Å². The lowest BCUT2D eigenvalue weighted by molar-refractivity contribution is 0.317. The molecule has 0 aliphatic heterocycles. The summed E-state index contributed by atoms with van der Waals surface area (Å²) in [6, 6.07) is 14.9. The van der Waals surface area contributed by atoms with Crippen LogP contribution in [0.2, 0.25) is 0 Å². The van der Waals surface area contributed by atoms with Crippen LogP contribution in [0.1, 0.15) is 29.2 Å². The van der Waals surface area contributed by atoms with Crippen molar-refractivity contribution in [3.8, 4) is 5.75 Å². The van der Waals surface area contributed by atoms with Gasteiger partial charge < -0.3 is 10.1 Å². The molecule has 0 fully saturated rings. The Morgan fingerprint density at radius 1 is 0.952 bits per heavy atom. The fraction of sp³-hybridized carbons (Fsp3) is 0.368. The highest BCUT2D eigenvalue weighted by Crippen LogP contribution is 2.25. The van der Waals surface area contributed by atoms with Crippen molar-refractivity contribution >= 4 is 0 Å². The monoisotopic (exact) mass is 283 g/mol. The van der Waals surface area contributed by atoms with Crippen LogP contribution in [-0.2, 0) is 13.0 Å². The number of rotatable bonds is 7. The van der Waals surface area contributed by atoms with Gasteiger partial charge >= 0.3 is 0 Å². The Hall–Kier alpha value is -1.80. The summed E-state index contributed by atoms with van der Waals surface area (Å²) < 4.78 is 6.01. The lowest BCUT2D eigenvalue weighted by Crippen LogP contribution is -2.12. The molecule has 21 heavy (non-hydrogen) atoms. The zero-order valence-corrected chi connectivity index (χ0v) is 13.3. The van der Waals surface area contributed by atoms with Crippen LogP contribution in [0.5, 0.6) is 5.75 Å². The minimum absolute atomic E-state index is 0.720. The highest BCUT2D eigenvalue weighted by Gasteiger charge is 2.06. The molecule has 0 heterocycles. The minimum atomic E-state index is 0.720. The van der Waals surface area contributed by atoms with Crippen molar-refractivity contribution < 1.29 is 4.74 Å². The molecule has 0 radical (unpaired) electrons. The molecule has 0 amide bonds. The van der Waals surface area contributed by atoms with Gasteiger partial charge in [-0.1, -0.05) is 49.4 Å². The summed E-state index contributed by atoms with van der Waals surface area (Å²) in [5, 5.41) is 3.36. The Labute approximate surface area is 128 Å². The van der Waals surface area contributed by atoms with E-state index in [-0.39, 0.29) is 0 Å². The maximum Gasteiger partial charge on any atom is 0.125 e. The molecule has 0 spiro atoms. The van der Waals surface area contributed by atoms with Gasteiger partial charge in [0.25, 0.3) is 0 Å². The number of hydrogen-bond acceptors (Lipinski definition) is 2. The molecular weight excluding hydrogens is 258 g/mol. The first-order chi connectivity index (χ1) is 10.2. The fourth-order valence-corrected chi connectivity index (χ4v) is 2.55. The largest absolute Gasteiger partial charge is 0.493 e.